The van der Waals surface area contributed by atoms with Gasteiger partial charge in [-0.1, -0.05) is 32.4 Å². The lowest BCUT2D eigenvalue weighted by atomic mass is 9.49. The number of hydrogen-bond donors (Lipinski definition) is 1. The maximum Gasteiger partial charge on any atom is 0.302 e. The first-order valence-electron chi connectivity index (χ1n) is 9.80. The van der Waals surface area contributed by atoms with E-state index in [-0.39, 0.29) is 23.6 Å². The van der Waals surface area contributed by atoms with Crippen molar-refractivity contribution in [2.45, 2.75) is 78.9 Å². The molecule has 3 rings (SSSR count). The Hall–Kier alpha value is -0.830. The molecule has 2 saturated carbocycles. The highest BCUT2D eigenvalue weighted by atomic mass is 16.5. The molecule has 0 saturated heterocycles. The Morgan fingerprint density at radius 3 is 2.71 bits per heavy atom. The second-order valence-electron chi connectivity index (χ2n) is 8.97. The Labute approximate surface area is 146 Å². The summed E-state index contributed by atoms with van der Waals surface area (Å²) in [7, 11) is 0. The standard InChI is InChI=1S/C21H34O3/c1-12-10-16-11-17(23)6-7-18(16)19-8-9-21(5,13(2)20(12)19)14(3)24-15(4)22/h10,12-14,17-20,23H,6-9,11H2,1-5H3/t12-,13+,14?,17+,18+,19-,20+,21+/m1/s1. The van der Waals surface area contributed by atoms with Crippen molar-refractivity contribution in [3.05, 3.63) is 11.6 Å². The molecule has 3 heteroatoms. The summed E-state index contributed by atoms with van der Waals surface area (Å²) in [6.07, 6.45) is 7.63. The van der Waals surface area contributed by atoms with E-state index in [1.807, 2.05) is 0 Å². The van der Waals surface area contributed by atoms with Crippen LogP contribution in [-0.2, 0) is 9.53 Å². The van der Waals surface area contributed by atoms with Crippen LogP contribution in [0.1, 0.15) is 66.7 Å². The normalized spacial score (nSPS) is 46.3. The Bertz CT molecular complexity index is 525. The van der Waals surface area contributed by atoms with Gasteiger partial charge in [-0.25, -0.2) is 0 Å². The van der Waals surface area contributed by atoms with Crippen LogP contribution in [0.25, 0.3) is 0 Å². The molecule has 0 heterocycles. The van der Waals surface area contributed by atoms with Gasteiger partial charge in [0.05, 0.1) is 6.10 Å². The molecule has 0 aromatic rings. The fourth-order valence-electron chi connectivity index (χ4n) is 6.19. The number of ether oxygens (including phenoxy) is 1. The fourth-order valence-corrected chi connectivity index (χ4v) is 6.19. The van der Waals surface area contributed by atoms with E-state index in [9.17, 15) is 9.90 Å². The van der Waals surface area contributed by atoms with E-state index >= 15 is 0 Å². The lowest BCUT2D eigenvalue weighted by Crippen LogP contribution is -2.52. The van der Waals surface area contributed by atoms with E-state index in [2.05, 4.69) is 33.8 Å². The number of allylic oxidation sites excluding steroid dienone is 1. The Balaban J connectivity index is 1.85. The highest BCUT2D eigenvalue weighted by Crippen LogP contribution is 2.58. The van der Waals surface area contributed by atoms with E-state index in [0.29, 0.717) is 23.7 Å². The van der Waals surface area contributed by atoms with Gasteiger partial charge in [-0.05, 0) is 68.6 Å². The van der Waals surface area contributed by atoms with Gasteiger partial charge in [0.2, 0.25) is 0 Å². The van der Waals surface area contributed by atoms with Crippen molar-refractivity contribution in [2.75, 3.05) is 0 Å². The van der Waals surface area contributed by atoms with Gasteiger partial charge in [0.15, 0.2) is 0 Å². The average Bonchev–Trinajstić information content (AvgIpc) is 2.49. The summed E-state index contributed by atoms with van der Waals surface area (Å²) >= 11 is 0. The molecule has 24 heavy (non-hydrogen) atoms. The molecule has 3 nitrogen and oxygen atoms in total. The molecule has 3 aliphatic carbocycles. The van der Waals surface area contributed by atoms with E-state index in [1.54, 1.807) is 0 Å². The highest BCUT2D eigenvalue weighted by Gasteiger charge is 2.53. The molecule has 0 spiro atoms. The smallest absolute Gasteiger partial charge is 0.302 e. The molecule has 2 fully saturated rings. The molecule has 0 aromatic heterocycles. The number of rotatable bonds is 2. The fraction of sp³-hybridized carbons (Fsp3) is 0.857. The van der Waals surface area contributed by atoms with Crippen LogP contribution >= 0.6 is 0 Å². The Morgan fingerprint density at radius 1 is 1.33 bits per heavy atom. The first kappa shape index (κ1) is 18.0. The maximum absolute atomic E-state index is 11.5. The lowest BCUT2D eigenvalue weighted by Gasteiger charge is -2.56. The predicted molar refractivity (Wildman–Crippen MR) is 95.3 cm³/mol. The van der Waals surface area contributed by atoms with Crippen LogP contribution in [0.5, 0.6) is 0 Å². The first-order valence-corrected chi connectivity index (χ1v) is 9.80. The third kappa shape index (κ3) is 2.94. The Kier molecular flexibility index (Phi) is 4.85. The van der Waals surface area contributed by atoms with Crippen LogP contribution in [0.4, 0.5) is 0 Å². The van der Waals surface area contributed by atoms with Crippen molar-refractivity contribution in [3.8, 4) is 0 Å². The number of aliphatic hydroxyl groups excluding tert-OH is 1. The molecular formula is C21H34O3. The van der Waals surface area contributed by atoms with Gasteiger partial charge in [0.25, 0.3) is 0 Å². The number of esters is 1. The van der Waals surface area contributed by atoms with Crippen LogP contribution < -0.4 is 0 Å². The zero-order chi connectivity index (χ0) is 17.6. The topological polar surface area (TPSA) is 46.5 Å². The van der Waals surface area contributed by atoms with E-state index in [1.165, 1.54) is 18.9 Å². The highest BCUT2D eigenvalue weighted by molar-refractivity contribution is 5.66. The number of fused-ring (bicyclic) bond motifs is 3. The largest absolute Gasteiger partial charge is 0.462 e. The number of hydrogen-bond acceptors (Lipinski definition) is 3. The SMILES string of the molecule is CC(=O)OC(C)[C@@]1(C)CC[C@H]2[C@@H]([C@H](C)C=C3C[C@@H](O)CC[C@@H]32)[C@@H]1C. The predicted octanol–water partition coefficient (Wildman–Crippen LogP) is 4.34. The molecular weight excluding hydrogens is 300 g/mol. The number of aliphatic hydroxyl groups is 1. The monoisotopic (exact) mass is 334 g/mol. The summed E-state index contributed by atoms with van der Waals surface area (Å²) in [5.41, 5.74) is 1.58. The second kappa shape index (κ2) is 6.48. The van der Waals surface area contributed by atoms with Crippen molar-refractivity contribution >= 4 is 5.97 Å². The minimum atomic E-state index is -0.168. The van der Waals surface area contributed by atoms with E-state index in [4.69, 9.17) is 4.74 Å². The van der Waals surface area contributed by atoms with Crippen molar-refractivity contribution in [3.63, 3.8) is 0 Å². The Morgan fingerprint density at radius 2 is 2.04 bits per heavy atom. The lowest BCUT2D eigenvalue weighted by molar-refractivity contribution is -0.161. The minimum absolute atomic E-state index is 0.0308. The molecule has 1 unspecified atom stereocenters. The van der Waals surface area contributed by atoms with Gasteiger partial charge in [0.1, 0.15) is 6.10 Å². The van der Waals surface area contributed by atoms with Gasteiger partial charge < -0.3 is 9.84 Å². The van der Waals surface area contributed by atoms with Crippen molar-refractivity contribution in [1.82, 2.24) is 0 Å². The van der Waals surface area contributed by atoms with Crippen LogP contribution in [-0.4, -0.2) is 23.3 Å². The van der Waals surface area contributed by atoms with Crippen molar-refractivity contribution < 1.29 is 14.6 Å². The van der Waals surface area contributed by atoms with Crippen molar-refractivity contribution in [1.29, 1.82) is 0 Å². The molecule has 1 N–H and O–H groups in total. The quantitative estimate of drug-likeness (QED) is 0.603. The van der Waals surface area contributed by atoms with Gasteiger partial charge in [0, 0.05) is 12.3 Å². The van der Waals surface area contributed by atoms with Gasteiger partial charge in [-0.3, -0.25) is 4.79 Å². The molecule has 0 radical (unpaired) electrons. The molecule has 3 aliphatic rings. The summed E-state index contributed by atoms with van der Waals surface area (Å²) in [5, 5.41) is 10.0. The molecule has 0 aliphatic heterocycles. The van der Waals surface area contributed by atoms with Gasteiger partial charge in [-0.15, -0.1) is 0 Å². The molecule has 0 amide bonds. The van der Waals surface area contributed by atoms with Crippen LogP contribution in [0.3, 0.4) is 0 Å². The third-order valence-corrected chi connectivity index (χ3v) is 7.76. The first-order chi connectivity index (χ1) is 11.2. The molecule has 136 valence electrons. The summed E-state index contributed by atoms with van der Waals surface area (Å²) in [4.78, 5) is 11.5. The molecule has 0 aromatic carbocycles. The number of carbonyl (C=O) groups is 1. The van der Waals surface area contributed by atoms with E-state index < -0.39 is 0 Å². The van der Waals surface area contributed by atoms with Gasteiger partial charge in [-0.2, -0.15) is 0 Å². The molecule has 8 atom stereocenters. The zero-order valence-corrected chi connectivity index (χ0v) is 15.9. The zero-order valence-electron chi connectivity index (χ0n) is 15.9. The second-order valence-corrected chi connectivity index (χ2v) is 8.97. The summed E-state index contributed by atoms with van der Waals surface area (Å²) in [6, 6.07) is 0. The van der Waals surface area contributed by atoms with E-state index in [0.717, 1.165) is 31.6 Å². The minimum Gasteiger partial charge on any atom is -0.462 e. The van der Waals surface area contributed by atoms with Crippen molar-refractivity contribution in [2.24, 2.45) is 35.0 Å². The molecule has 0 bridgehead atoms. The maximum atomic E-state index is 11.5. The summed E-state index contributed by atoms with van der Waals surface area (Å²) in [6.45, 7) is 10.6. The number of carbonyl (C=O) groups excluding carboxylic acids is 1. The third-order valence-electron chi connectivity index (χ3n) is 7.76. The average molecular weight is 335 g/mol. The van der Waals surface area contributed by atoms with Gasteiger partial charge >= 0.3 is 5.97 Å². The van der Waals surface area contributed by atoms with Crippen LogP contribution in [0.2, 0.25) is 0 Å². The summed E-state index contributed by atoms with van der Waals surface area (Å²) in [5.74, 6) is 2.98. The van der Waals surface area contributed by atoms with Crippen LogP contribution in [0, 0.1) is 35.0 Å². The summed E-state index contributed by atoms with van der Waals surface area (Å²) < 4.78 is 5.61. The van der Waals surface area contributed by atoms with Crippen LogP contribution in [0.15, 0.2) is 11.6 Å².